The van der Waals surface area contributed by atoms with E-state index in [0.29, 0.717) is 0 Å². The van der Waals surface area contributed by atoms with Crippen molar-refractivity contribution in [2.45, 2.75) is 6.92 Å². The van der Waals surface area contributed by atoms with Crippen molar-refractivity contribution < 1.29 is 39.2 Å². The van der Waals surface area contributed by atoms with Crippen molar-refractivity contribution in [3.63, 3.8) is 0 Å². The third-order valence-electron chi connectivity index (χ3n) is 3.45. The fourth-order valence-corrected chi connectivity index (χ4v) is 2.24. The van der Waals surface area contributed by atoms with E-state index < -0.39 is 0 Å². The number of ketones is 1. The number of hydrogen-bond acceptors (Lipinski definition) is 1. The predicted octanol–water partition coefficient (Wildman–Crippen LogP) is -3.34. The number of carbonyl (C=O) groups excluding carboxylic acids is 1. The smallest absolute Gasteiger partial charge is 0.210 e. The number of hydrogen-bond donors (Lipinski definition) is 0. The minimum Gasteiger partial charge on any atom is -1.00 e. The number of halogens is 2. The fraction of sp³-hybridized carbons (Fsp3) is 0.0556. The zero-order valence-electron chi connectivity index (χ0n) is 12.5. The number of nitrogens with one attached hydrogen (secondary N) is 1. The van der Waals surface area contributed by atoms with Crippen molar-refractivity contribution in [2.24, 2.45) is 0 Å². The minimum atomic E-state index is 0. The number of carbonyl (C=O) groups is 1. The van der Waals surface area contributed by atoms with Crippen LogP contribution in [-0.2, 0) is 0 Å². The first kappa shape index (κ1) is 18.8. The molecule has 118 valence electrons. The molecule has 0 bridgehead atoms. The van der Waals surface area contributed by atoms with E-state index >= 15 is 0 Å². The molecular formula is C18H16Cl2N2O. The summed E-state index contributed by atoms with van der Waals surface area (Å²) in [6.07, 6.45) is 7.87. The highest BCUT2D eigenvalue weighted by Crippen LogP contribution is 2.15. The van der Waals surface area contributed by atoms with Crippen molar-refractivity contribution in [3.05, 3.63) is 78.9 Å². The molecule has 3 aromatic rings. The predicted molar refractivity (Wildman–Crippen MR) is 80.0 cm³/mol. The molecule has 2 heterocycles. The summed E-state index contributed by atoms with van der Waals surface area (Å²) < 4.78 is 2.03. The maximum absolute atomic E-state index is 11.3. The van der Waals surface area contributed by atoms with Gasteiger partial charge in [0.2, 0.25) is 5.69 Å². The van der Waals surface area contributed by atoms with Gasteiger partial charge >= 0.3 is 0 Å². The third kappa shape index (κ3) is 4.38. The highest BCUT2D eigenvalue weighted by molar-refractivity contribution is 5.94. The number of nitrogens with zero attached hydrogens (tertiary/aromatic N) is 1. The Morgan fingerprint density at radius 2 is 1.35 bits per heavy atom. The van der Waals surface area contributed by atoms with Gasteiger partial charge in [-0.15, -0.1) is 0 Å². The second kappa shape index (κ2) is 8.42. The van der Waals surface area contributed by atoms with Gasteiger partial charge < -0.3 is 24.8 Å². The van der Waals surface area contributed by atoms with Gasteiger partial charge in [0, 0.05) is 42.0 Å². The largest absolute Gasteiger partial charge is 1.00 e. The molecule has 0 amide bonds. The lowest BCUT2D eigenvalue weighted by Gasteiger charge is -2.00. The highest BCUT2D eigenvalue weighted by Gasteiger charge is 2.08. The molecule has 0 atom stereocenters. The highest BCUT2D eigenvalue weighted by atomic mass is 35.5. The number of H-pyrrole nitrogens is 1. The molecule has 0 unspecified atom stereocenters. The van der Waals surface area contributed by atoms with E-state index in [4.69, 9.17) is 0 Å². The minimum absolute atomic E-state index is 0. The summed E-state index contributed by atoms with van der Waals surface area (Å²) in [7, 11) is 0. The molecule has 5 heteroatoms. The Kier molecular flexibility index (Phi) is 6.89. The molecule has 0 aliphatic heterocycles. The normalized spacial score (nSPS) is 9.43. The average molecular weight is 347 g/mol. The van der Waals surface area contributed by atoms with Gasteiger partial charge in [-0.3, -0.25) is 4.79 Å². The summed E-state index contributed by atoms with van der Waals surface area (Å²) in [4.78, 5) is 14.3. The summed E-state index contributed by atoms with van der Waals surface area (Å²) in [6, 6.07) is 15.9. The number of rotatable bonds is 3. The molecule has 3 rings (SSSR count). The SMILES string of the molecule is CC(=O)c1ccc(-[n+]2ccc(-c3cc[nH+]cc3)cc2)cc1.[Cl-].[Cl-]. The van der Waals surface area contributed by atoms with Crippen molar-refractivity contribution >= 4 is 5.78 Å². The monoisotopic (exact) mass is 346 g/mol. The molecule has 1 aromatic carbocycles. The lowest BCUT2D eigenvalue weighted by molar-refractivity contribution is -0.595. The second-order valence-electron chi connectivity index (χ2n) is 4.89. The van der Waals surface area contributed by atoms with Crippen molar-refractivity contribution in [1.82, 2.24) is 0 Å². The summed E-state index contributed by atoms with van der Waals surface area (Å²) in [5.74, 6) is 0.0859. The van der Waals surface area contributed by atoms with E-state index in [0.717, 1.165) is 11.3 Å². The molecule has 0 saturated carbocycles. The quantitative estimate of drug-likeness (QED) is 0.360. The molecule has 2 aromatic heterocycles. The summed E-state index contributed by atoms with van der Waals surface area (Å²) in [6.45, 7) is 1.58. The molecule has 0 radical (unpaired) electrons. The van der Waals surface area contributed by atoms with Gasteiger partial charge in [-0.05, 0) is 30.2 Å². The van der Waals surface area contributed by atoms with Crippen LogP contribution in [0.1, 0.15) is 17.3 Å². The lowest BCUT2D eigenvalue weighted by Crippen LogP contribution is -3.00. The maximum Gasteiger partial charge on any atom is 0.210 e. The molecule has 0 aliphatic carbocycles. The van der Waals surface area contributed by atoms with Crippen LogP contribution in [0.5, 0.6) is 0 Å². The summed E-state index contributed by atoms with van der Waals surface area (Å²) in [5.41, 5.74) is 4.11. The molecule has 1 N–H and O–H groups in total. The van der Waals surface area contributed by atoms with E-state index in [9.17, 15) is 4.79 Å². The molecule has 0 spiro atoms. The first-order valence-electron chi connectivity index (χ1n) is 6.83. The molecule has 3 nitrogen and oxygen atoms in total. The first-order valence-corrected chi connectivity index (χ1v) is 6.83. The Balaban J connectivity index is 0.00000132. The van der Waals surface area contributed by atoms with Gasteiger partial charge in [-0.25, -0.2) is 4.98 Å². The van der Waals surface area contributed by atoms with Crippen LogP contribution in [0.3, 0.4) is 0 Å². The Bertz CT molecular complexity index is 757. The Morgan fingerprint density at radius 3 is 1.87 bits per heavy atom. The van der Waals surface area contributed by atoms with Gasteiger partial charge in [-0.1, -0.05) is 0 Å². The number of Topliss-reactive ketones (excluding diaryl/α,β-unsaturated/α-hetero) is 1. The third-order valence-corrected chi connectivity index (χ3v) is 3.45. The van der Waals surface area contributed by atoms with E-state index in [2.05, 4.69) is 17.1 Å². The van der Waals surface area contributed by atoms with E-state index in [1.807, 2.05) is 65.8 Å². The summed E-state index contributed by atoms with van der Waals surface area (Å²) in [5, 5.41) is 0. The van der Waals surface area contributed by atoms with Crippen molar-refractivity contribution in [2.75, 3.05) is 0 Å². The van der Waals surface area contributed by atoms with Gasteiger partial charge in [0.25, 0.3) is 0 Å². The van der Waals surface area contributed by atoms with Gasteiger partial charge in [0.05, 0.1) is 0 Å². The van der Waals surface area contributed by atoms with E-state index in [-0.39, 0.29) is 30.6 Å². The van der Waals surface area contributed by atoms with Crippen LogP contribution in [0.25, 0.3) is 16.8 Å². The fourth-order valence-electron chi connectivity index (χ4n) is 2.24. The average Bonchev–Trinajstić information content (AvgIpc) is 2.56. The number of pyridine rings is 2. The van der Waals surface area contributed by atoms with Crippen molar-refractivity contribution in [3.8, 4) is 16.8 Å². The zero-order chi connectivity index (χ0) is 14.7. The summed E-state index contributed by atoms with van der Waals surface area (Å²) >= 11 is 0. The Hall–Kier alpha value is -2.23. The molecular weight excluding hydrogens is 331 g/mol. The van der Waals surface area contributed by atoms with Crippen LogP contribution in [0.4, 0.5) is 0 Å². The van der Waals surface area contributed by atoms with E-state index in [1.54, 1.807) is 6.92 Å². The molecule has 0 saturated heterocycles. The van der Waals surface area contributed by atoms with Crippen LogP contribution in [0.15, 0.2) is 73.3 Å². The van der Waals surface area contributed by atoms with Crippen LogP contribution in [-0.4, -0.2) is 5.78 Å². The van der Waals surface area contributed by atoms with Crippen LogP contribution in [0.2, 0.25) is 0 Å². The van der Waals surface area contributed by atoms with Gasteiger partial charge in [-0.2, -0.15) is 4.57 Å². The van der Waals surface area contributed by atoms with Gasteiger partial charge in [0.1, 0.15) is 0 Å². The number of aromatic nitrogens is 2. The molecule has 0 aliphatic rings. The number of benzene rings is 1. The Labute approximate surface area is 147 Å². The number of aromatic amines is 1. The van der Waals surface area contributed by atoms with Crippen LogP contribution < -0.4 is 34.4 Å². The maximum atomic E-state index is 11.3. The lowest BCUT2D eigenvalue weighted by atomic mass is 10.1. The standard InChI is InChI=1S/C18H15N2O.2ClH/c1-14(21)15-2-4-18(5-3-15)20-12-8-17(9-13-20)16-6-10-19-11-7-16;;/h2-13H,1H3;2*1H/q+1;;/p-1. The van der Waals surface area contributed by atoms with E-state index in [1.165, 1.54) is 11.1 Å². The van der Waals surface area contributed by atoms with Crippen LogP contribution in [0, 0.1) is 0 Å². The topological polar surface area (TPSA) is 35.1 Å². The molecule has 0 fully saturated rings. The van der Waals surface area contributed by atoms with Crippen LogP contribution >= 0.6 is 0 Å². The molecule has 23 heavy (non-hydrogen) atoms. The first-order chi connectivity index (χ1) is 10.2. The second-order valence-corrected chi connectivity index (χ2v) is 4.89. The van der Waals surface area contributed by atoms with Crippen molar-refractivity contribution in [1.29, 1.82) is 0 Å². The zero-order valence-corrected chi connectivity index (χ0v) is 14.1. The van der Waals surface area contributed by atoms with Gasteiger partial charge in [0.15, 0.2) is 30.6 Å². The Morgan fingerprint density at radius 1 is 0.826 bits per heavy atom.